The zero-order chi connectivity index (χ0) is 10.6. The van der Waals surface area contributed by atoms with Gasteiger partial charge >= 0.3 is 6.03 Å². The van der Waals surface area contributed by atoms with E-state index in [0.29, 0.717) is 5.84 Å². The van der Waals surface area contributed by atoms with E-state index in [1.54, 1.807) is 11.9 Å². The summed E-state index contributed by atoms with van der Waals surface area (Å²) in [6.07, 6.45) is 2.97. The number of amides is 2. The van der Waals surface area contributed by atoms with E-state index in [1.165, 1.54) is 0 Å². The maximum Gasteiger partial charge on any atom is 0.345 e. The number of amidine groups is 1. The minimum absolute atomic E-state index is 0.194. The van der Waals surface area contributed by atoms with Crippen molar-refractivity contribution in [3.63, 3.8) is 0 Å². The second kappa shape index (κ2) is 2.49. The maximum absolute atomic E-state index is 11.4. The summed E-state index contributed by atoms with van der Waals surface area (Å²) in [7, 11) is 1.80. The van der Waals surface area contributed by atoms with E-state index < -0.39 is 0 Å². The van der Waals surface area contributed by atoms with Crippen LogP contribution in [0.5, 0.6) is 0 Å². The van der Waals surface area contributed by atoms with E-state index in [-0.39, 0.29) is 17.0 Å². The summed E-state index contributed by atoms with van der Waals surface area (Å²) >= 11 is 0. The molecule has 4 nitrogen and oxygen atoms in total. The highest BCUT2D eigenvalue weighted by Gasteiger charge is 2.53. The van der Waals surface area contributed by atoms with Crippen molar-refractivity contribution in [2.75, 3.05) is 7.05 Å². The molecule has 0 saturated heterocycles. The number of nitrogens with zero attached hydrogens (tertiary/aromatic N) is 2. The Morgan fingerprint density at radius 2 is 2.07 bits per heavy atom. The second-order valence-corrected chi connectivity index (χ2v) is 5.21. The fraction of sp³-hybridized carbons (Fsp3) is 0.800. The summed E-state index contributed by atoms with van der Waals surface area (Å²) in [6, 6.07) is -0.194. The first-order valence-electron chi connectivity index (χ1n) is 5.00. The molecule has 2 amide bonds. The average molecular weight is 195 g/mol. The lowest BCUT2D eigenvalue weighted by Crippen LogP contribution is -2.50. The lowest BCUT2D eigenvalue weighted by atomic mass is 9.87. The summed E-state index contributed by atoms with van der Waals surface area (Å²) in [5.74, 6) is 0.510. The van der Waals surface area contributed by atoms with Crippen molar-refractivity contribution in [1.29, 1.82) is 0 Å². The Morgan fingerprint density at radius 1 is 1.43 bits per heavy atom. The van der Waals surface area contributed by atoms with Crippen LogP contribution in [0, 0.1) is 5.41 Å². The highest BCUT2D eigenvalue weighted by atomic mass is 16.2. The smallest absolute Gasteiger partial charge is 0.345 e. The molecule has 78 valence electrons. The maximum atomic E-state index is 11.4. The standard InChI is InChI=1S/C10H17N3O/c1-9(2)4-5-10(6-9)7(11)12-8(14)13(10)3/h4-6H2,1-3H3,(H2,11,12,14). The van der Waals surface area contributed by atoms with Gasteiger partial charge < -0.3 is 10.6 Å². The molecule has 0 radical (unpaired) electrons. The molecule has 1 unspecified atom stereocenters. The van der Waals surface area contributed by atoms with Gasteiger partial charge in [0.15, 0.2) is 0 Å². The van der Waals surface area contributed by atoms with Crippen LogP contribution in [0.3, 0.4) is 0 Å². The van der Waals surface area contributed by atoms with E-state index in [1.807, 2.05) is 0 Å². The van der Waals surface area contributed by atoms with Crippen LogP contribution in [0.4, 0.5) is 4.79 Å². The molecule has 1 heterocycles. The molecule has 2 N–H and O–H groups in total. The molecule has 1 spiro atoms. The fourth-order valence-electron chi connectivity index (χ4n) is 2.66. The second-order valence-electron chi connectivity index (χ2n) is 5.21. The quantitative estimate of drug-likeness (QED) is 0.634. The molecule has 1 saturated carbocycles. The third-order valence-electron chi connectivity index (χ3n) is 3.61. The number of likely N-dealkylation sites (N-methyl/N-ethyl adjacent to an activating group) is 1. The first-order chi connectivity index (χ1) is 6.37. The predicted molar refractivity (Wildman–Crippen MR) is 55.1 cm³/mol. The molecule has 0 aromatic heterocycles. The number of carbonyl (C=O) groups is 1. The molecule has 0 aromatic carbocycles. The highest BCUT2D eigenvalue weighted by molar-refractivity contribution is 6.05. The van der Waals surface area contributed by atoms with Gasteiger partial charge in [0.25, 0.3) is 0 Å². The summed E-state index contributed by atoms with van der Waals surface area (Å²) < 4.78 is 0. The zero-order valence-electron chi connectivity index (χ0n) is 9.00. The summed E-state index contributed by atoms with van der Waals surface area (Å²) in [4.78, 5) is 17.0. The van der Waals surface area contributed by atoms with Crippen LogP contribution in [0.2, 0.25) is 0 Å². The Kier molecular flexibility index (Phi) is 1.69. The Morgan fingerprint density at radius 3 is 2.43 bits per heavy atom. The summed E-state index contributed by atoms with van der Waals surface area (Å²) in [5.41, 5.74) is 5.85. The van der Waals surface area contributed by atoms with Crippen LogP contribution >= 0.6 is 0 Å². The van der Waals surface area contributed by atoms with Gasteiger partial charge in [-0.05, 0) is 24.7 Å². The van der Waals surface area contributed by atoms with E-state index in [9.17, 15) is 4.79 Å². The van der Waals surface area contributed by atoms with Gasteiger partial charge in [-0.2, -0.15) is 4.99 Å². The number of urea groups is 1. The predicted octanol–water partition coefficient (Wildman–Crippen LogP) is 1.36. The van der Waals surface area contributed by atoms with Crippen LogP contribution in [0.1, 0.15) is 33.1 Å². The SMILES string of the molecule is CN1C(=O)N=C(N)C12CCC(C)(C)C2. The monoisotopic (exact) mass is 195 g/mol. The molecular weight excluding hydrogens is 178 g/mol. The number of aliphatic imine (C=N–C) groups is 1. The van der Waals surface area contributed by atoms with Crippen molar-refractivity contribution in [2.45, 2.75) is 38.6 Å². The molecule has 1 atom stereocenters. The normalized spacial score (nSPS) is 35.5. The molecular formula is C10H17N3O. The van der Waals surface area contributed by atoms with E-state index in [2.05, 4.69) is 18.8 Å². The van der Waals surface area contributed by atoms with Gasteiger partial charge in [0.1, 0.15) is 11.4 Å². The number of rotatable bonds is 0. The number of hydrogen-bond donors (Lipinski definition) is 1. The van der Waals surface area contributed by atoms with Crippen molar-refractivity contribution >= 4 is 11.9 Å². The fourth-order valence-corrected chi connectivity index (χ4v) is 2.66. The molecule has 2 rings (SSSR count). The van der Waals surface area contributed by atoms with Crippen molar-refractivity contribution < 1.29 is 4.79 Å². The average Bonchev–Trinajstić information content (AvgIpc) is 2.49. The van der Waals surface area contributed by atoms with E-state index in [4.69, 9.17) is 5.73 Å². The largest absolute Gasteiger partial charge is 0.385 e. The number of hydrogen-bond acceptors (Lipinski definition) is 2. The summed E-state index contributed by atoms with van der Waals surface area (Å²) in [6.45, 7) is 4.43. The third-order valence-corrected chi connectivity index (χ3v) is 3.61. The van der Waals surface area contributed by atoms with Crippen LogP contribution < -0.4 is 5.73 Å². The van der Waals surface area contributed by atoms with Crippen LogP contribution in [-0.4, -0.2) is 29.4 Å². The Labute approximate surface area is 84.2 Å². The van der Waals surface area contributed by atoms with E-state index in [0.717, 1.165) is 19.3 Å². The minimum atomic E-state index is -0.277. The van der Waals surface area contributed by atoms with Crippen LogP contribution in [0.25, 0.3) is 0 Å². The van der Waals surface area contributed by atoms with Crippen LogP contribution in [-0.2, 0) is 0 Å². The highest BCUT2D eigenvalue weighted by Crippen LogP contribution is 2.48. The topological polar surface area (TPSA) is 58.7 Å². The van der Waals surface area contributed by atoms with Gasteiger partial charge in [0, 0.05) is 7.05 Å². The van der Waals surface area contributed by atoms with Crippen molar-refractivity contribution in [1.82, 2.24) is 4.90 Å². The van der Waals surface area contributed by atoms with Gasteiger partial charge in [-0.1, -0.05) is 13.8 Å². The first-order valence-corrected chi connectivity index (χ1v) is 5.00. The van der Waals surface area contributed by atoms with Crippen molar-refractivity contribution in [3.05, 3.63) is 0 Å². The Bertz CT molecular complexity index is 321. The molecule has 4 heteroatoms. The van der Waals surface area contributed by atoms with Gasteiger partial charge in [-0.25, -0.2) is 4.79 Å². The van der Waals surface area contributed by atoms with Crippen molar-refractivity contribution in [3.8, 4) is 0 Å². The van der Waals surface area contributed by atoms with Gasteiger partial charge in [0.2, 0.25) is 0 Å². The third kappa shape index (κ3) is 1.06. The van der Waals surface area contributed by atoms with E-state index >= 15 is 0 Å². The van der Waals surface area contributed by atoms with Crippen molar-refractivity contribution in [2.24, 2.45) is 16.1 Å². The molecule has 0 aromatic rings. The molecule has 1 aliphatic carbocycles. The lowest BCUT2D eigenvalue weighted by molar-refractivity contribution is 0.186. The van der Waals surface area contributed by atoms with Gasteiger partial charge in [-0.3, -0.25) is 0 Å². The molecule has 14 heavy (non-hydrogen) atoms. The molecule has 1 aliphatic heterocycles. The first kappa shape index (κ1) is 9.49. The Balaban J connectivity index is 2.35. The Hall–Kier alpha value is -1.06. The molecule has 1 fully saturated rings. The zero-order valence-corrected chi connectivity index (χ0v) is 9.00. The number of carbonyl (C=O) groups excluding carboxylic acids is 1. The lowest BCUT2D eigenvalue weighted by Gasteiger charge is -2.32. The van der Waals surface area contributed by atoms with Crippen LogP contribution in [0.15, 0.2) is 4.99 Å². The number of nitrogens with two attached hydrogens (primary N) is 1. The molecule has 0 bridgehead atoms. The van der Waals surface area contributed by atoms with Gasteiger partial charge in [0.05, 0.1) is 0 Å². The summed E-state index contributed by atoms with van der Waals surface area (Å²) in [5, 5.41) is 0. The van der Waals surface area contributed by atoms with Gasteiger partial charge in [-0.15, -0.1) is 0 Å². The molecule has 2 aliphatic rings. The minimum Gasteiger partial charge on any atom is -0.385 e.